The zero-order valence-electron chi connectivity index (χ0n) is 19.2. The summed E-state index contributed by atoms with van der Waals surface area (Å²) in [5.74, 6) is -2.02. The molecule has 0 fully saturated rings. The average molecular weight is 463 g/mol. The van der Waals surface area contributed by atoms with Crippen LogP contribution in [0.1, 0.15) is 52.6 Å². The van der Waals surface area contributed by atoms with Crippen LogP contribution >= 0.6 is 0 Å². The van der Waals surface area contributed by atoms with Gasteiger partial charge in [-0.15, -0.1) is 0 Å². The van der Waals surface area contributed by atoms with E-state index in [1.54, 1.807) is 18.2 Å². The number of hydrogen-bond donors (Lipinski definition) is 0. The first-order valence-corrected chi connectivity index (χ1v) is 11.1. The number of hydrogen-bond acceptors (Lipinski definition) is 5. The van der Waals surface area contributed by atoms with Crippen LogP contribution in [0.15, 0.2) is 78.9 Å². The van der Waals surface area contributed by atoms with Crippen molar-refractivity contribution in [2.75, 3.05) is 11.5 Å². The van der Waals surface area contributed by atoms with E-state index in [0.29, 0.717) is 11.3 Å². The Morgan fingerprint density at radius 3 is 2.31 bits per heavy atom. The summed E-state index contributed by atoms with van der Waals surface area (Å²) < 4.78 is 5.22. The maximum absolute atomic E-state index is 13.1. The second-order valence-corrected chi connectivity index (χ2v) is 8.56. The van der Waals surface area contributed by atoms with Crippen molar-refractivity contribution in [3.05, 3.63) is 112 Å². The Bertz CT molecular complexity index is 1550. The SMILES string of the molecule is Cc1ccc(C)c(C(=O)COC(=O)c2ccc3c(c2)C(=O)N(c2ccc4ccccc4c2)C3=O)c1. The molecule has 0 unspecified atom stereocenters. The smallest absolute Gasteiger partial charge is 0.338 e. The maximum atomic E-state index is 13.1. The second kappa shape index (κ2) is 8.65. The standard InChI is InChI=1S/C29H21NO5/c1-17-7-8-18(2)24(13-17)26(31)16-35-29(34)21-10-12-23-25(15-21)28(33)30(27(23)32)22-11-9-19-5-3-4-6-20(19)14-22/h3-15H,16H2,1-2H3. The second-order valence-electron chi connectivity index (χ2n) is 8.56. The summed E-state index contributed by atoms with van der Waals surface area (Å²) in [5, 5.41) is 1.90. The van der Waals surface area contributed by atoms with Crippen molar-refractivity contribution in [1.29, 1.82) is 0 Å². The number of nitrogens with zero attached hydrogens (tertiary/aromatic N) is 1. The van der Waals surface area contributed by atoms with E-state index in [4.69, 9.17) is 4.74 Å². The number of rotatable bonds is 5. The van der Waals surface area contributed by atoms with E-state index in [-0.39, 0.29) is 22.5 Å². The van der Waals surface area contributed by atoms with E-state index in [1.165, 1.54) is 18.2 Å². The molecule has 1 aliphatic heterocycles. The number of amides is 2. The van der Waals surface area contributed by atoms with Crippen molar-refractivity contribution >= 4 is 40.0 Å². The number of benzene rings is 4. The van der Waals surface area contributed by atoms with E-state index in [1.807, 2.05) is 56.3 Å². The number of aryl methyl sites for hydroxylation is 2. The number of Topliss-reactive ketones (excluding diaryl/α,β-unsaturated/α-hetero) is 1. The van der Waals surface area contributed by atoms with Gasteiger partial charge in [0.1, 0.15) is 0 Å². The minimum atomic E-state index is -0.740. The first-order chi connectivity index (χ1) is 16.8. The molecule has 6 heteroatoms. The van der Waals surface area contributed by atoms with Gasteiger partial charge in [0.25, 0.3) is 11.8 Å². The van der Waals surface area contributed by atoms with Crippen LogP contribution in [0.5, 0.6) is 0 Å². The Labute approximate surface area is 201 Å². The quantitative estimate of drug-likeness (QED) is 0.228. The predicted octanol–water partition coefficient (Wildman–Crippen LogP) is 5.30. The highest BCUT2D eigenvalue weighted by Crippen LogP contribution is 2.31. The van der Waals surface area contributed by atoms with Crippen molar-refractivity contribution in [3.63, 3.8) is 0 Å². The van der Waals surface area contributed by atoms with Gasteiger partial charge in [0.2, 0.25) is 5.78 Å². The van der Waals surface area contributed by atoms with Gasteiger partial charge in [0.15, 0.2) is 6.61 Å². The lowest BCUT2D eigenvalue weighted by atomic mass is 10.0. The molecule has 2 amide bonds. The zero-order chi connectivity index (χ0) is 24.7. The lowest BCUT2D eigenvalue weighted by Gasteiger charge is -2.14. The lowest BCUT2D eigenvalue weighted by molar-refractivity contribution is 0.0474. The van der Waals surface area contributed by atoms with Gasteiger partial charge in [-0.2, -0.15) is 0 Å². The number of imide groups is 1. The number of ketones is 1. The van der Waals surface area contributed by atoms with Crippen LogP contribution < -0.4 is 4.90 Å². The van der Waals surface area contributed by atoms with Gasteiger partial charge < -0.3 is 4.74 Å². The number of carbonyl (C=O) groups is 4. The summed E-state index contributed by atoms with van der Waals surface area (Å²) >= 11 is 0. The number of anilines is 1. The molecule has 0 saturated carbocycles. The van der Waals surface area contributed by atoms with Crippen LogP contribution in [0.25, 0.3) is 10.8 Å². The molecule has 0 saturated heterocycles. The van der Waals surface area contributed by atoms with Gasteiger partial charge in [0.05, 0.1) is 22.4 Å². The third kappa shape index (κ3) is 3.99. The van der Waals surface area contributed by atoms with Gasteiger partial charge >= 0.3 is 5.97 Å². The largest absolute Gasteiger partial charge is 0.454 e. The number of carbonyl (C=O) groups excluding carboxylic acids is 4. The third-order valence-electron chi connectivity index (χ3n) is 6.14. The molecule has 0 atom stereocenters. The monoisotopic (exact) mass is 463 g/mol. The topological polar surface area (TPSA) is 80.8 Å². The molecule has 0 N–H and O–H groups in total. The number of fused-ring (bicyclic) bond motifs is 2. The minimum Gasteiger partial charge on any atom is -0.454 e. The molecule has 6 nitrogen and oxygen atoms in total. The van der Waals surface area contributed by atoms with Crippen molar-refractivity contribution < 1.29 is 23.9 Å². The third-order valence-corrected chi connectivity index (χ3v) is 6.14. The van der Waals surface area contributed by atoms with Gasteiger partial charge in [0, 0.05) is 5.56 Å². The molecule has 0 spiro atoms. The normalized spacial score (nSPS) is 12.7. The number of esters is 1. The zero-order valence-corrected chi connectivity index (χ0v) is 19.2. The minimum absolute atomic E-state index is 0.0963. The molecule has 1 aliphatic rings. The number of ether oxygens (including phenoxy) is 1. The molecule has 4 aromatic carbocycles. The first kappa shape index (κ1) is 22.2. The summed E-state index contributed by atoms with van der Waals surface area (Å²) in [4.78, 5) is 52.4. The molecule has 0 bridgehead atoms. The fourth-order valence-corrected chi connectivity index (χ4v) is 4.25. The Morgan fingerprint density at radius 2 is 1.51 bits per heavy atom. The van der Waals surface area contributed by atoms with Crippen LogP contribution in [0.3, 0.4) is 0 Å². The predicted molar refractivity (Wildman–Crippen MR) is 132 cm³/mol. The van der Waals surface area contributed by atoms with Gasteiger partial charge in [-0.05, 0) is 66.6 Å². The summed E-state index contributed by atoms with van der Waals surface area (Å²) in [6.45, 7) is 3.28. The molecule has 5 rings (SSSR count). The van der Waals surface area contributed by atoms with E-state index < -0.39 is 24.4 Å². The van der Waals surface area contributed by atoms with Crippen molar-refractivity contribution in [2.45, 2.75) is 13.8 Å². The highest BCUT2D eigenvalue weighted by Gasteiger charge is 2.37. The lowest BCUT2D eigenvalue weighted by Crippen LogP contribution is -2.29. The fraction of sp³-hybridized carbons (Fsp3) is 0.103. The van der Waals surface area contributed by atoms with E-state index in [0.717, 1.165) is 26.8 Å². The highest BCUT2D eigenvalue weighted by molar-refractivity contribution is 6.35. The Hall–Kier alpha value is -4.58. The first-order valence-electron chi connectivity index (χ1n) is 11.1. The molecule has 0 aliphatic carbocycles. The molecule has 4 aromatic rings. The molecule has 172 valence electrons. The van der Waals surface area contributed by atoms with Crippen LogP contribution in [0, 0.1) is 13.8 Å². The van der Waals surface area contributed by atoms with Crippen molar-refractivity contribution in [1.82, 2.24) is 0 Å². The molecular weight excluding hydrogens is 442 g/mol. The summed E-state index contributed by atoms with van der Waals surface area (Å²) in [6, 6.07) is 22.7. The van der Waals surface area contributed by atoms with Crippen LogP contribution in [-0.4, -0.2) is 30.2 Å². The average Bonchev–Trinajstić information content (AvgIpc) is 3.12. The highest BCUT2D eigenvalue weighted by atomic mass is 16.5. The Morgan fingerprint density at radius 1 is 0.771 bits per heavy atom. The van der Waals surface area contributed by atoms with Crippen LogP contribution in [0.4, 0.5) is 5.69 Å². The summed E-state index contributed by atoms with van der Waals surface area (Å²) in [6.07, 6.45) is 0. The Kier molecular flexibility index (Phi) is 5.49. The summed E-state index contributed by atoms with van der Waals surface area (Å²) in [5.41, 5.74) is 3.12. The van der Waals surface area contributed by atoms with Crippen LogP contribution in [0.2, 0.25) is 0 Å². The molecule has 0 radical (unpaired) electrons. The fourth-order valence-electron chi connectivity index (χ4n) is 4.25. The van der Waals surface area contributed by atoms with Gasteiger partial charge in [-0.3, -0.25) is 14.4 Å². The molecular formula is C29H21NO5. The van der Waals surface area contributed by atoms with Crippen LogP contribution in [-0.2, 0) is 4.74 Å². The van der Waals surface area contributed by atoms with Gasteiger partial charge in [-0.25, -0.2) is 9.69 Å². The van der Waals surface area contributed by atoms with E-state index >= 15 is 0 Å². The van der Waals surface area contributed by atoms with Crippen molar-refractivity contribution in [2.24, 2.45) is 0 Å². The molecule has 0 aromatic heterocycles. The van der Waals surface area contributed by atoms with Gasteiger partial charge in [-0.1, -0.05) is 48.0 Å². The van der Waals surface area contributed by atoms with E-state index in [9.17, 15) is 19.2 Å². The molecule has 35 heavy (non-hydrogen) atoms. The molecule has 1 heterocycles. The van der Waals surface area contributed by atoms with E-state index in [2.05, 4.69) is 0 Å². The summed E-state index contributed by atoms with van der Waals surface area (Å²) in [7, 11) is 0. The van der Waals surface area contributed by atoms with Crippen molar-refractivity contribution in [3.8, 4) is 0 Å². The Balaban J connectivity index is 1.36. The maximum Gasteiger partial charge on any atom is 0.338 e.